The largest absolute Gasteiger partial charge is 0.316 e. The third-order valence-corrected chi connectivity index (χ3v) is 5.14. The van der Waals surface area contributed by atoms with Gasteiger partial charge in [0, 0.05) is 12.6 Å². The van der Waals surface area contributed by atoms with Crippen LogP contribution < -0.4 is 10.0 Å². The summed E-state index contributed by atoms with van der Waals surface area (Å²) >= 11 is 0. The van der Waals surface area contributed by atoms with Crippen molar-refractivity contribution in [3.8, 4) is 0 Å². The predicted octanol–water partition coefficient (Wildman–Crippen LogP) is 1.55. The van der Waals surface area contributed by atoms with Gasteiger partial charge in [-0.05, 0) is 44.0 Å². The van der Waals surface area contributed by atoms with E-state index in [2.05, 4.69) is 10.0 Å². The molecule has 1 aromatic rings. The molecule has 0 bridgehead atoms. The van der Waals surface area contributed by atoms with E-state index in [1.807, 2.05) is 20.0 Å². The second kappa shape index (κ2) is 5.38. The molecule has 1 aliphatic rings. The molecule has 2 N–H and O–H groups in total. The molecule has 100 valence electrons. The summed E-state index contributed by atoms with van der Waals surface area (Å²) in [5.41, 5.74) is 1.85. The summed E-state index contributed by atoms with van der Waals surface area (Å²) in [5.74, 6) is 0. The predicted molar refractivity (Wildman–Crippen MR) is 71.9 cm³/mol. The van der Waals surface area contributed by atoms with Gasteiger partial charge in [-0.1, -0.05) is 18.6 Å². The first-order chi connectivity index (χ1) is 8.54. The molecule has 1 fully saturated rings. The summed E-state index contributed by atoms with van der Waals surface area (Å²) in [7, 11) is -1.52. The Morgan fingerprint density at radius 2 is 2.06 bits per heavy atom. The van der Waals surface area contributed by atoms with Gasteiger partial charge in [0.25, 0.3) is 0 Å². The highest BCUT2D eigenvalue weighted by atomic mass is 32.2. The molecule has 0 saturated heterocycles. The minimum Gasteiger partial charge on any atom is -0.316 e. The van der Waals surface area contributed by atoms with Crippen LogP contribution in [0.1, 0.15) is 30.4 Å². The maximum atomic E-state index is 12.3. The van der Waals surface area contributed by atoms with Gasteiger partial charge in [-0.3, -0.25) is 0 Å². The molecular formula is C13H20N2O2S. The Balaban J connectivity index is 2.28. The van der Waals surface area contributed by atoms with Gasteiger partial charge in [-0.15, -0.1) is 0 Å². The highest BCUT2D eigenvalue weighted by Gasteiger charge is 2.26. The van der Waals surface area contributed by atoms with Crippen molar-refractivity contribution in [1.82, 2.24) is 10.0 Å². The molecular weight excluding hydrogens is 248 g/mol. The second-order valence-corrected chi connectivity index (χ2v) is 6.50. The van der Waals surface area contributed by atoms with Crippen LogP contribution in [0.25, 0.3) is 0 Å². The Bertz CT molecular complexity index is 522. The quantitative estimate of drug-likeness (QED) is 0.852. The third kappa shape index (κ3) is 2.74. The van der Waals surface area contributed by atoms with Crippen molar-refractivity contribution in [2.45, 2.75) is 43.7 Å². The fourth-order valence-electron chi connectivity index (χ4n) is 2.14. The molecule has 0 atom stereocenters. The van der Waals surface area contributed by atoms with E-state index in [9.17, 15) is 8.42 Å². The van der Waals surface area contributed by atoms with Gasteiger partial charge in [0.1, 0.15) is 0 Å². The van der Waals surface area contributed by atoms with Crippen molar-refractivity contribution in [3.05, 3.63) is 29.3 Å². The van der Waals surface area contributed by atoms with E-state index in [-0.39, 0.29) is 6.04 Å². The fourth-order valence-corrected chi connectivity index (χ4v) is 3.74. The van der Waals surface area contributed by atoms with Gasteiger partial charge >= 0.3 is 0 Å². The summed E-state index contributed by atoms with van der Waals surface area (Å²) < 4.78 is 27.3. The number of hydrogen-bond acceptors (Lipinski definition) is 3. The number of rotatable bonds is 5. The molecule has 0 aromatic heterocycles. The number of hydrogen-bond donors (Lipinski definition) is 2. The van der Waals surface area contributed by atoms with Crippen molar-refractivity contribution in [3.63, 3.8) is 0 Å². The third-order valence-electron chi connectivity index (χ3n) is 3.48. The topological polar surface area (TPSA) is 58.2 Å². The van der Waals surface area contributed by atoms with Crippen LogP contribution in [0, 0.1) is 6.92 Å². The van der Waals surface area contributed by atoms with Crippen molar-refractivity contribution < 1.29 is 8.42 Å². The van der Waals surface area contributed by atoms with Crippen LogP contribution in [0.15, 0.2) is 23.1 Å². The normalized spacial score (nSPS) is 16.6. The van der Waals surface area contributed by atoms with Gasteiger partial charge in [-0.25, -0.2) is 13.1 Å². The monoisotopic (exact) mass is 268 g/mol. The van der Waals surface area contributed by atoms with Crippen LogP contribution in [-0.4, -0.2) is 21.5 Å². The molecule has 1 aromatic carbocycles. The summed E-state index contributed by atoms with van der Waals surface area (Å²) in [6, 6.07) is 5.56. The van der Waals surface area contributed by atoms with Crippen molar-refractivity contribution in [1.29, 1.82) is 0 Å². The van der Waals surface area contributed by atoms with Crippen LogP contribution in [0.3, 0.4) is 0 Å². The second-order valence-electron chi connectivity index (χ2n) is 4.82. The van der Waals surface area contributed by atoms with Gasteiger partial charge in [-0.2, -0.15) is 0 Å². The van der Waals surface area contributed by atoms with Gasteiger partial charge in [0.2, 0.25) is 10.0 Å². The lowest BCUT2D eigenvalue weighted by Gasteiger charge is -2.26. The highest BCUT2D eigenvalue weighted by molar-refractivity contribution is 7.89. The zero-order valence-electron chi connectivity index (χ0n) is 10.9. The van der Waals surface area contributed by atoms with Crippen LogP contribution in [-0.2, 0) is 16.6 Å². The van der Waals surface area contributed by atoms with Crippen molar-refractivity contribution >= 4 is 10.0 Å². The first-order valence-electron chi connectivity index (χ1n) is 6.30. The van der Waals surface area contributed by atoms with E-state index in [0.717, 1.165) is 30.4 Å². The molecule has 0 amide bonds. The van der Waals surface area contributed by atoms with E-state index in [1.54, 1.807) is 12.1 Å². The molecule has 1 saturated carbocycles. The lowest BCUT2D eigenvalue weighted by molar-refractivity contribution is 0.383. The van der Waals surface area contributed by atoms with Crippen molar-refractivity contribution in [2.24, 2.45) is 0 Å². The summed E-state index contributed by atoms with van der Waals surface area (Å²) in [6.45, 7) is 2.54. The zero-order valence-corrected chi connectivity index (χ0v) is 11.7. The zero-order chi connectivity index (χ0) is 13.2. The average molecular weight is 268 g/mol. The Kier molecular flexibility index (Phi) is 4.04. The molecule has 0 heterocycles. The van der Waals surface area contributed by atoms with Crippen LogP contribution in [0.4, 0.5) is 0 Å². The highest BCUT2D eigenvalue weighted by Crippen LogP contribution is 2.23. The number of benzene rings is 1. The van der Waals surface area contributed by atoms with E-state index < -0.39 is 10.0 Å². The standard InChI is InChI=1S/C13H20N2O2S/c1-10-11(9-14-2)5-3-8-13(10)18(16,17)15-12-6-4-7-12/h3,5,8,12,14-15H,4,6-7,9H2,1-2H3. The molecule has 0 radical (unpaired) electrons. The first kappa shape index (κ1) is 13.5. The SMILES string of the molecule is CNCc1cccc(S(=O)(=O)NC2CCC2)c1C. The van der Waals surface area contributed by atoms with Gasteiger partial charge in [0.15, 0.2) is 0 Å². The fraction of sp³-hybridized carbons (Fsp3) is 0.538. The van der Waals surface area contributed by atoms with Gasteiger partial charge < -0.3 is 5.32 Å². The minimum absolute atomic E-state index is 0.127. The van der Waals surface area contributed by atoms with Crippen molar-refractivity contribution in [2.75, 3.05) is 7.05 Å². The summed E-state index contributed by atoms with van der Waals surface area (Å²) in [5, 5.41) is 3.05. The Labute approximate surface area is 109 Å². The Morgan fingerprint density at radius 1 is 1.33 bits per heavy atom. The first-order valence-corrected chi connectivity index (χ1v) is 7.78. The molecule has 5 heteroatoms. The summed E-state index contributed by atoms with van der Waals surface area (Å²) in [6.07, 6.45) is 3.02. The van der Waals surface area contributed by atoms with E-state index in [0.29, 0.717) is 11.4 Å². The minimum atomic E-state index is -3.37. The summed E-state index contributed by atoms with van der Waals surface area (Å²) in [4.78, 5) is 0.405. The lowest BCUT2D eigenvalue weighted by atomic mass is 9.94. The smallest absolute Gasteiger partial charge is 0.241 e. The van der Waals surface area contributed by atoms with E-state index in [1.165, 1.54) is 0 Å². The average Bonchev–Trinajstić information content (AvgIpc) is 2.27. The van der Waals surface area contributed by atoms with E-state index in [4.69, 9.17) is 0 Å². The number of nitrogens with one attached hydrogen (secondary N) is 2. The molecule has 2 rings (SSSR count). The number of sulfonamides is 1. The Hall–Kier alpha value is -0.910. The molecule has 0 spiro atoms. The molecule has 4 nitrogen and oxygen atoms in total. The van der Waals surface area contributed by atoms with Crippen LogP contribution in [0.2, 0.25) is 0 Å². The lowest BCUT2D eigenvalue weighted by Crippen LogP contribution is -2.39. The van der Waals surface area contributed by atoms with Gasteiger partial charge in [0.05, 0.1) is 4.90 Å². The van der Waals surface area contributed by atoms with Crippen LogP contribution in [0.5, 0.6) is 0 Å². The maximum Gasteiger partial charge on any atom is 0.241 e. The molecule has 0 unspecified atom stereocenters. The Morgan fingerprint density at radius 3 is 2.61 bits per heavy atom. The van der Waals surface area contributed by atoms with E-state index >= 15 is 0 Å². The molecule has 0 aliphatic heterocycles. The molecule has 1 aliphatic carbocycles. The molecule has 18 heavy (non-hydrogen) atoms. The van der Waals surface area contributed by atoms with Crippen LogP contribution >= 0.6 is 0 Å². The maximum absolute atomic E-state index is 12.3.